The zero-order chi connectivity index (χ0) is 20.6. The summed E-state index contributed by atoms with van der Waals surface area (Å²) in [4.78, 5) is 61.0. The van der Waals surface area contributed by atoms with Crippen molar-refractivity contribution in [1.29, 1.82) is 0 Å². The molecule has 2 amide bonds. The molecule has 2 aliphatic carbocycles. The lowest BCUT2D eigenvalue weighted by Gasteiger charge is -2.30. The van der Waals surface area contributed by atoms with Gasteiger partial charge in [-0.05, 0) is 31.6 Å². The standard InChI is InChI=1S/C18H21NO8S/c20-13(7-12-14(21)8-15(18(12)24)28(25,26)27)11-3-1-10(2-4-11)9-19-16(22)5-6-17(19)23/h5-6,10-12,15H,1-4,7-9H2,(H,25,26,27). The average molecular weight is 411 g/mol. The molecule has 9 nitrogen and oxygen atoms in total. The fraction of sp³-hybridized carbons (Fsp3) is 0.611. The molecule has 0 radical (unpaired) electrons. The number of amides is 2. The Morgan fingerprint density at radius 1 is 1.04 bits per heavy atom. The van der Waals surface area contributed by atoms with Crippen molar-refractivity contribution in [2.45, 2.75) is 43.8 Å². The monoisotopic (exact) mass is 411 g/mol. The van der Waals surface area contributed by atoms with Crippen LogP contribution in [0.1, 0.15) is 38.5 Å². The zero-order valence-corrected chi connectivity index (χ0v) is 15.9. The minimum atomic E-state index is -4.65. The summed E-state index contributed by atoms with van der Waals surface area (Å²) in [5.41, 5.74) is 0. The number of carbonyl (C=O) groups is 5. The van der Waals surface area contributed by atoms with Crippen LogP contribution in [0.4, 0.5) is 0 Å². The summed E-state index contributed by atoms with van der Waals surface area (Å²) in [5, 5.41) is -1.77. The molecule has 0 saturated heterocycles. The summed E-state index contributed by atoms with van der Waals surface area (Å²) in [6.45, 7) is 0.307. The van der Waals surface area contributed by atoms with E-state index in [-0.39, 0.29) is 35.9 Å². The number of Topliss-reactive ketones (excluding diaryl/α,β-unsaturated/α-hetero) is 3. The van der Waals surface area contributed by atoms with E-state index in [0.717, 1.165) is 0 Å². The summed E-state index contributed by atoms with van der Waals surface area (Å²) in [6, 6.07) is 0. The van der Waals surface area contributed by atoms with E-state index in [2.05, 4.69) is 0 Å². The second-order valence-corrected chi connectivity index (χ2v) is 9.24. The second kappa shape index (κ2) is 7.67. The number of imide groups is 1. The molecule has 0 spiro atoms. The van der Waals surface area contributed by atoms with Crippen molar-refractivity contribution in [3.8, 4) is 0 Å². The highest BCUT2D eigenvalue weighted by atomic mass is 32.2. The first-order valence-corrected chi connectivity index (χ1v) is 10.7. The van der Waals surface area contributed by atoms with Gasteiger partial charge in [0.15, 0.2) is 11.0 Å². The van der Waals surface area contributed by atoms with Crippen LogP contribution in [0.5, 0.6) is 0 Å². The summed E-state index contributed by atoms with van der Waals surface area (Å²) in [5.74, 6) is -4.04. The average Bonchev–Trinajstić information content (AvgIpc) is 3.09. The molecule has 2 fully saturated rings. The predicted molar refractivity (Wildman–Crippen MR) is 94.4 cm³/mol. The number of hydrogen-bond acceptors (Lipinski definition) is 7. The van der Waals surface area contributed by atoms with E-state index in [1.807, 2.05) is 0 Å². The maximum atomic E-state index is 12.5. The lowest BCUT2D eigenvalue weighted by Crippen LogP contribution is -2.37. The molecule has 1 aliphatic heterocycles. The van der Waals surface area contributed by atoms with Crippen LogP contribution in [0.15, 0.2) is 12.2 Å². The van der Waals surface area contributed by atoms with Crippen LogP contribution in [-0.4, -0.2) is 58.8 Å². The van der Waals surface area contributed by atoms with Crippen molar-refractivity contribution < 1.29 is 36.9 Å². The molecule has 2 unspecified atom stereocenters. The minimum Gasteiger partial charge on any atom is -0.299 e. The topological polar surface area (TPSA) is 143 Å². The van der Waals surface area contributed by atoms with Crippen LogP contribution >= 0.6 is 0 Å². The number of hydrogen-bond donors (Lipinski definition) is 1. The fourth-order valence-electron chi connectivity index (χ4n) is 4.18. The molecule has 2 atom stereocenters. The Balaban J connectivity index is 1.52. The summed E-state index contributed by atoms with van der Waals surface area (Å²) in [6.07, 6.45) is 3.83. The number of carbonyl (C=O) groups excluding carboxylic acids is 5. The molecular formula is C18H21NO8S. The van der Waals surface area contributed by atoms with Gasteiger partial charge in [0.25, 0.3) is 21.9 Å². The van der Waals surface area contributed by atoms with Gasteiger partial charge < -0.3 is 0 Å². The van der Waals surface area contributed by atoms with E-state index >= 15 is 0 Å². The maximum absolute atomic E-state index is 12.5. The predicted octanol–water partition coefficient (Wildman–Crippen LogP) is 0.0915. The van der Waals surface area contributed by atoms with E-state index < -0.39 is 39.3 Å². The largest absolute Gasteiger partial charge is 0.299 e. The van der Waals surface area contributed by atoms with Crippen LogP contribution < -0.4 is 0 Å². The normalized spacial score (nSPS) is 31.1. The first kappa shape index (κ1) is 20.5. The van der Waals surface area contributed by atoms with Gasteiger partial charge in [-0.2, -0.15) is 8.42 Å². The van der Waals surface area contributed by atoms with Crippen molar-refractivity contribution in [3.05, 3.63) is 12.2 Å². The molecule has 152 valence electrons. The molecule has 0 bridgehead atoms. The van der Waals surface area contributed by atoms with Crippen molar-refractivity contribution in [1.82, 2.24) is 4.90 Å². The highest BCUT2D eigenvalue weighted by molar-refractivity contribution is 7.87. The Bertz CT molecular complexity index is 848. The highest BCUT2D eigenvalue weighted by Gasteiger charge is 2.48. The van der Waals surface area contributed by atoms with E-state index in [1.165, 1.54) is 17.1 Å². The third kappa shape index (κ3) is 4.12. The van der Waals surface area contributed by atoms with Crippen molar-refractivity contribution in [2.75, 3.05) is 6.54 Å². The lowest BCUT2D eigenvalue weighted by atomic mass is 9.78. The molecular weight excluding hydrogens is 390 g/mol. The molecule has 1 heterocycles. The van der Waals surface area contributed by atoms with Crippen molar-refractivity contribution in [3.63, 3.8) is 0 Å². The Labute approximate surface area is 161 Å². The van der Waals surface area contributed by atoms with Gasteiger partial charge in [0.1, 0.15) is 11.6 Å². The van der Waals surface area contributed by atoms with Gasteiger partial charge in [-0.1, -0.05) is 0 Å². The summed E-state index contributed by atoms with van der Waals surface area (Å²) < 4.78 is 31.4. The first-order chi connectivity index (χ1) is 13.1. The quantitative estimate of drug-likeness (QED) is 0.368. The first-order valence-electron chi connectivity index (χ1n) is 9.17. The Kier molecular flexibility index (Phi) is 5.62. The van der Waals surface area contributed by atoms with Gasteiger partial charge in [0.05, 0.1) is 5.92 Å². The van der Waals surface area contributed by atoms with Gasteiger partial charge >= 0.3 is 0 Å². The molecule has 0 aromatic heterocycles. The van der Waals surface area contributed by atoms with E-state index in [0.29, 0.717) is 32.2 Å². The molecule has 0 aromatic rings. The van der Waals surface area contributed by atoms with Crippen LogP contribution in [0.3, 0.4) is 0 Å². The molecule has 3 aliphatic rings. The third-order valence-electron chi connectivity index (χ3n) is 5.84. The minimum absolute atomic E-state index is 0.0931. The van der Waals surface area contributed by atoms with Crippen LogP contribution in [0, 0.1) is 17.8 Å². The third-order valence-corrected chi connectivity index (χ3v) is 6.96. The summed E-state index contributed by atoms with van der Waals surface area (Å²) in [7, 11) is -4.65. The molecule has 0 aromatic carbocycles. The van der Waals surface area contributed by atoms with Gasteiger partial charge in [0.2, 0.25) is 0 Å². The van der Waals surface area contributed by atoms with Crippen LogP contribution in [0.25, 0.3) is 0 Å². The van der Waals surface area contributed by atoms with Crippen molar-refractivity contribution >= 4 is 39.3 Å². The van der Waals surface area contributed by atoms with E-state index in [1.54, 1.807) is 0 Å². The lowest BCUT2D eigenvalue weighted by molar-refractivity contribution is -0.138. The molecule has 2 saturated carbocycles. The van der Waals surface area contributed by atoms with Gasteiger partial charge in [0, 0.05) is 37.5 Å². The molecule has 1 N–H and O–H groups in total. The molecule has 28 heavy (non-hydrogen) atoms. The van der Waals surface area contributed by atoms with Gasteiger partial charge in [-0.15, -0.1) is 0 Å². The highest BCUT2D eigenvalue weighted by Crippen LogP contribution is 2.34. The number of ketones is 3. The van der Waals surface area contributed by atoms with Crippen LogP contribution in [0.2, 0.25) is 0 Å². The van der Waals surface area contributed by atoms with Crippen molar-refractivity contribution in [2.24, 2.45) is 17.8 Å². The maximum Gasteiger partial charge on any atom is 0.275 e. The van der Waals surface area contributed by atoms with E-state index in [4.69, 9.17) is 4.55 Å². The summed E-state index contributed by atoms with van der Waals surface area (Å²) >= 11 is 0. The zero-order valence-electron chi connectivity index (χ0n) is 15.1. The Morgan fingerprint density at radius 2 is 1.61 bits per heavy atom. The molecule has 10 heteroatoms. The van der Waals surface area contributed by atoms with E-state index in [9.17, 15) is 32.4 Å². The Hall–Kier alpha value is -2.20. The SMILES string of the molecule is O=C(CC1C(=O)CC(S(=O)(=O)O)C1=O)C1CCC(CN2C(=O)C=CC2=O)CC1. The number of nitrogens with zero attached hydrogens (tertiary/aromatic N) is 1. The Morgan fingerprint density at radius 3 is 2.11 bits per heavy atom. The molecule has 3 rings (SSSR count). The second-order valence-electron chi connectivity index (χ2n) is 7.64. The number of rotatable bonds is 6. The van der Waals surface area contributed by atoms with Gasteiger partial charge in [-0.25, -0.2) is 0 Å². The van der Waals surface area contributed by atoms with Gasteiger partial charge in [-0.3, -0.25) is 33.4 Å². The fourth-order valence-corrected chi connectivity index (χ4v) is 5.01. The van der Waals surface area contributed by atoms with Crippen LogP contribution in [-0.2, 0) is 34.1 Å². The smallest absolute Gasteiger partial charge is 0.275 e.